The highest BCUT2D eigenvalue weighted by atomic mass is 16.5. The van der Waals surface area contributed by atoms with E-state index in [9.17, 15) is 19.5 Å². The van der Waals surface area contributed by atoms with Crippen LogP contribution in [0.1, 0.15) is 55.6 Å². The molecule has 3 N–H and O–H groups in total. The van der Waals surface area contributed by atoms with E-state index < -0.39 is 17.6 Å². The van der Waals surface area contributed by atoms with E-state index >= 15 is 0 Å². The van der Waals surface area contributed by atoms with Crippen molar-refractivity contribution in [1.29, 1.82) is 0 Å². The summed E-state index contributed by atoms with van der Waals surface area (Å²) >= 11 is 0. The van der Waals surface area contributed by atoms with Crippen molar-refractivity contribution in [2.45, 2.75) is 50.0 Å². The Morgan fingerprint density at radius 2 is 1.59 bits per heavy atom. The largest absolute Gasteiger partial charge is 0.481 e. The number of carbonyl (C=O) groups is 3. The minimum absolute atomic E-state index is 0.00874. The Bertz CT molecular complexity index is 1060. The minimum atomic E-state index is -0.883. The SMILES string of the molecule is O=C(O)CC1(NC(=O)C2CC2CNC(=O)OCC2c3ccccc3-c3ccccc32)CCCC1. The van der Waals surface area contributed by atoms with Gasteiger partial charge in [-0.25, -0.2) is 4.79 Å². The van der Waals surface area contributed by atoms with Crippen LogP contribution in [0.15, 0.2) is 48.5 Å². The zero-order chi connectivity index (χ0) is 23.7. The second-order valence-electron chi connectivity index (χ2n) is 9.86. The molecule has 2 saturated carbocycles. The maximum Gasteiger partial charge on any atom is 0.407 e. The highest BCUT2D eigenvalue weighted by Crippen LogP contribution is 2.44. The molecule has 2 fully saturated rings. The second kappa shape index (κ2) is 9.12. The molecule has 0 bridgehead atoms. The second-order valence-corrected chi connectivity index (χ2v) is 9.86. The number of hydrogen-bond acceptors (Lipinski definition) is 4. The van der Waals surface area contributed by atoms with Crippen molar-refractivity contribution in [3.05, 3.63) is 59.7 Å². The molecule has 0 aromatic heterocycles. The number of hydrogen-bond donors (Lipinski definition) is 3. The number of ether oxygens (including phenoxy) is 1. The van der Waals surface area contributed by atoms with E-state index in [-0.39, 0.29) is 36.7 Å². The third-order valence-electron chi connectivity index (χ3n) is 7.55. The normalized spacial score (nSPS) is 21.9. The Kier molecular flexibility index (Phi) is 6.02. The number of carboxylic acids is 1. The van der Waals surface area contributed by atoms with E-state index in [4.69, 9.17) is 4.74 Å². The van der Waals surface area contributed by atoms with Gasteiger partial charge in [-0.3, -0.25) is 9.59 Å². The van der Waals surface area contributed by atoms with E-state index in [0.717, 1.165) is 24.0 Å². The number of fused-ring (bicyclic) bond motifs is 3. The number of carbonyl (C=O) groups excluding carboxylic acids is 2. The number of amides is 2. The van der Waals surface area contributed by atoms with Crippen LogP contribution in [-0.4, -0.2) is 41.8 Å². The summed E-state index contributed by atoms with van der Waals surface area (Å²) in [5, 5.41) is 15.1. The molecule has 0 aliphatic heterocycles. The molecule has 3 aliphatic rings. The monoisotopic (exact) mass is 462 g/mol. The Labute approximate surface area is 198 Å². The topological polar surface area (TPSA) is 105 Å². The fourth-order valence-corrected chi connectivity index (χ4v) is 5.70. The molecule has 7 nitrogen and oxygen atoms in total. The van der Waals surface area contributed by atoms with Crippen molar-refractivity contribution in [3.63, 3.8) is 0 Å². The molecule has 0 radical (unpaired) electrons. The van der Waals surface area contributed by atoms with Crippen LogP contribution >= 0.6 is 0 Å². The number of carboxylic acid groups (broad SMARTS) is 1. The number of aliphatic carboxylic acids is 1. The predicted octanol–water partition coefficient (Wildman–Crippen LogP) is 4.06. The molecule has 2 aromatic carbocycles. The van der Waals surface area contributed by atoms with Crippen LogP contribution < -0.4 is 10.6 Å². The Hall–Kier alpha value is -3.35. The van der Waals surface area contributed by atoms with Crippen molar-refractivity contribution >= 4 is 18.0 Å². The summed E-state index contributed by atoms with van der Waals surface area (Å²) in [6.45, 7) is 0.632. The van der Waals surface area contributed by atoms with E-state index in [2.05, 4.69) is 34.9 Å². The Morgan fingerprint density at radius 3 is 2.21 bits per heavy atom. The van der Waals surface area contributed by atoms with Crippen LogP contribution in [0.5, 0.6) is 0 Å². The fraction of sp³-hybridized carbons (Fsp3) is 0.444. The molecule has 2 amide bonds. The maximum atomic E-state index is 12.7. The number of benzene rings is 2. The smallest absolute Gasteiger partial charge is 0.407 e. The molecule has 0 heterocycles. The van der Waals surface area contributed by atoms with Crippen LogP contribution in [0, 0.1) is 11.8 Å². The van der Waals surface area contributed by atoms with E-state index in [1.807, 2.05) is 24.3 Å². The lowest BCUT2D eigenvalue weighted by atomic mass is 9.93. The number of alkyl carbamates (subject to hydrolysis) is 1. The quantitative estimate of drug-likeness (QED) is 0.549. The summed E-state index contributed by atoms with van der Waals surface area (Å²) in [4.78, 5) is 36.3. The van der Waals surface area contributed by atoms with Crippen LogP contribution in [0.4, 0.5) is 4.79 Å². The van der Waals surface area contributed by atoms with Crippen molar-refractivity contribution in [1.82, 2.24) is 10.6 Å². The van der Waals surface area contributed by atoms with Gasteiger partial charge in [-0.2, -0.15) is 0 Å². The molecule has 5 rings (SSSR count). The minimum Gasteiger partial charge on any atom is -0.481 e. The first kappa shape index (κ1) is 22.4. The van der Waals surface area contributed by atoms with Gasteiger partial charge >= 0.3 is 12.1 Å². The van der Waals surface area contributed by atoms with Gasteiger partial charge in [-0.05, 0) is 47.4 Å². The standard InChI is InChI=1S/C27H30N2O5/c30-24(31)14-27(11-5-6-12-27)29-25(32)22-13-17(22)15-28-26(33)34-16-23-20-9-3-1-7-18(20)19-8-2-4-10-21(19)23/h1-4,7-10,17,22-23H,5-6,11-16H2,(H,28,33)(H,29,32)(H,30,31). The zero-order valence-corrected chi connectivity index (χ0v) is 19.1. The highest BCUT2D eigenvalue weighted by molar-refractivity contribution is 5.83. The van der Waals surface area contributed by atoms with Crippen LogP contribution in [0.2, 0.25) is 0 Å². The summed E-state index contributed by atoms with van der Waals surface area (Å²) in [5.41, 5.74) is 4.08. The van der Waals surface area contributed by atoms with E-state index in [0.29, 0.717) is 25.8 Å². The van der Waals surface area contributed by atoms with Crippen LogP contribution in [0.25, 0.3) is 11.1 Å². The molecule has 178 valence electrons. The summed E-state index contributed by atoms with van der Waals surface area (Å²) in [5.74, 6) is -1.09. The van der Waals surface area contributed by atoms with Gasteiger partial charge in [0.05, 0.1) is 12.0 Å². The van der Waals surface area contributed by atoms with Gasteiger partial charge in [-0.1, -0.05) is 61.4 Å². The average molecular weight is 463 g/mol. The van der Waals surface area contributed by atoms with Crippen molar-refractivity contribution in [2.24, 2.45) is 11.8 Å². The maximum absolute atomic E-state index is 12.7. The van der Waals surface area contributed by atoms with Gasteiger partial charge < -0.3 is 20.5 Å². The fourth-order valence-electron chi connectivity index (χ4n) is 5.70. The highest BCUT2D eigenvalue weighted by Gasteiger charge is 2.46. The molecule has 0 saturated heterocycles. The van der Waals surface area contributed by atoms with Gasteiger partial charge in [0.25, 0.3) is 0 Å². The molecule has 0 spiro atoms. The molecule has 2 unspecified atom stereocenters. The Balaban J connectivity index is 1.10. The van der Waals surface area contributed by atoms with E-state index in [1.165, 1.54) is 11.1 Å². The zero-order valence-electron chi connectivity index (χ0n) is 19.1. The summed E-state index contributed by atoms with van der Waals surface area (Å²) in [6.07, 6.45) is 3.47. The van der Waals surface area contributed by atoms with Crippen LogP contribution in [-0.2, 0) is 14.3 Å². The summed E-state index contributed by atoms with van der Waals surface area (Å²) in [6, 6.07) is 16.4. The molecule has 34 heavy (non-hydrogen) atoms. The van der Waals surface area contributed by atoms with Crippen molar-refractivity contribution < 1.29 is 24.2 Å². The van der Waals surface area contributed by atoms with Gasteiger partial charge in [0.1, 0.15) is 6.61 Å². The lowest BCUT2D eigenvalue weighted by Gasteiger charge is -2.28. The van der Waals surface area contributed by atoms with Crippen molar-refractivity contribution in [2.75, 3.05) is 13.2 Å². The molecule has 2 aromatic rings. The average Bonchev–Trinajstić information content (AvgIpc) is 3.37. The molecule has 7 heteroatoms. The number of rotatable bonds is 8. The predicted molar refractivity (Wildman–Crippen MR) is 126 cm³/mol. The van der Waals surface area contributed by atoms with Gasteiger partial charge in [0.15, 0.2) is 0 Å². The first-order chi connectivity index (χ1) is 16.5. The van der Waals surface area contributed by atoms with E-state index in [1.54, 1.807) is 0 Å². The molecular formula is C27H30N2O5. The van der Waals surface area contributed by atoms with Crippen LogP contribution in [0.3, 0.4) is 0 Å². The van der Waals surface area contributed by atoms with Gasteiger partial charge in [0.2, 0.25) is 5.91 Å². The summed E-state index contributed by atoms with van der Waals surface area (Å²) < 4.78 is 5.57. The van der Waals surface area contributed by atoms with Gasteiger partial charge in [-0.15, -0.1) is 0 Å². The number of nitrogens with one attached hydrogen (secondary N) is 2. The molecular weight excluding hydrogens is 432 g/mol. The third kappa shape index (κ3) is 4.52. The lowest BCUT2D eigenvalue weighted by molar-refractivity contribution is -0.139. The lowest BCUT2D eigenvalue weighted by Crippen LogP contribution is -2.48. The van der Waals surface area contributed by atoms with Crippen molar-refractivity contribution in [3.8, 4) is 11.1 Å². The first-order valence-electron chi connectivity index (χ1n) is 12.1. The molecule has 3 aliphatic carbocycles. The van der Waals surface area contributed by atoms with Gasteiger partial charge in [0, 0.05) is 18.4 Å². The summed E-state index contributed by atoms with van der Waals surface area (Å²) in [7, 11) is 0. The first-order valence-corrected chi connectivity index (χ1v) is 12.1. The molecule has 2 atom stereocenters. The Morgan fingerprint density at radius 1 is 0.971 bits per heavy atom. The third-order valence-corrected chi connectivity index (χ3v) is 7.55.